The number of thiocarbonyl (C=S) groups is 1. The number of carboxylic acid groups (broad SMARTS) is 2. The molecule has 2 aliphatic heterocycles. The van der Waals surface area contributed by atoms with Crippen LogP contribution in [0, 0.1) is 9.20 Å². The molecule has 0 aliphatic carbocycles. The van der Waals surface area contributed by atoms with E-state index in [1.807, 2.05) is 6.08 Å². The zero-order valence-electron chi connectivity index (χ0n) is 25.8. The molecule has 3 aromatic rings. The van der Waals surface area contributed by atoms with Crippen molar-refractivity contribution in [3.05, 3.63) is 68.4 Å². The van der Waals surface area contributed by atoms with E-state index in [1.54, 1.807) is 24.8 Å². The highest BCUT2D eigenvalue weighted by Crippen LogP contribution is 2.47. The molecule has 1 fully saturated rings. The van der Waals surface area contributed by atoms with Crippen LogP contribution < -0.4 is 30.1 Å². The van der Waals surface area contributed by atoms with Crippen molar-refractivity contribution in [1.82, 2.24) is 14.0 Å². The van der Waals surface area contributed by atoms with Crippen LogP contribution in [0.1, 0.15) is 27.7 Å². The van der Waals surface area contributed by atoms with Gasteiger partial charge < -0.3 is 20.0 Å². The predicted molar refractivity (Wildman–Crippen MR) is 192 cm³/mol. The molecule has 47 heavy (non-hydrogen) atoms. The van der Waals surface area contributed by atoms with Crippen molar-refractivity contribution in [2.75, 3.05) is 36.0 Å². The summed E-state index contributed by atoms with van der Waals surface area (Å²) in [6, 6.07) is 6.41. The van der Waals surface area contributed by atoms with Gasteiger partial charge in [0, 0.05) is 36.8 Å². The Kier molecular flexibility index (Phi) is 10.5. The molecule has 17 heteroatoms. The molecule has 0 saturated carbocycles. The molecule has 0 radical (unpaired) electrons. The van der Waals surface area contributed by atoms with Crippen molar-refractivity contribution in [2.45, 2.75) is 45.7 Å². The number of allylic oxidation sites excluding steroid dienone is 1. The molecule has 4 heterocycles. The third-order valence-corrected chi connectivity index (χ3v) is 12.6. The quantitative estimate of drug-likeness (QED) is 0.296. The van der Waals surface area contributed by atoms with Gasteiger partial charge in [-0.1, -0.05) is 35.7 Å². The van der Waals surface area contributed by atoms with Crippen LogP contribution in [-0.4, -0.2) is 72.6 Å². The Balaban J connectivity index is 1.68. The fraction of sp³-hybridized carbons (Fsp3) is 0.333. The van der Waals surface area contributed by atoms with Crippen LogP contribution in [0.2, 0.25) is 0 Å². The van der Waals surface area contributed by atoms with Gasteiger partial charge in [-0.2, -0.15) is 0 Å². The number of hydrogen-bond donors (Lipinski definition) is 2. The molecule has 2 aliphatic rings. The van der Waals surface area contributed by atoms with E-state index in [0.29, 0.717) is 9.20 Å². The topological polar surface area (TPSA) is 145 Å². The number of thioether (sulfide) groups is 2. The number of carboxylic acids is 2. The van der Waals surface area contributed by atoms with Crippen LogP contribution >= 0.6 is 58.4 Å². The lowest BCUT2D eigenvalue weighted by Gasteiger charge is -2.22. The molecule has 5 rings (SSSR count). The second-order valence-corrected chi connectivity index (χ2v) is 14.9. The normalized spacial score (nSPS) is 17.7. The van der Waals surface area contributed by atoms with Crippen molar-refractivity contribution in [1.29, 1.82) is 0 Å². The molecule has 0 unspecified atom stereocenters. The van der Waals surface area contributed by atoms with E-state index in [0.717, 1.165) is 84.8 Å². The molecule has 12 nitrogen and oxygen atoms in total. The van der Waals surface area contributed by atoms with Crippen molar-refractivity contribution in [2.24, 2.45) is 0 Å². The molecule has 1 amide bonds. The molecule has 1 saturated heterocycles. The first-order chi connectivity index (χ1) is 22.4. The van der Waals surface area contributed by atoms with Gasteiger partial charge in [0.05, 0.1) is 15.2 Å². The molecule has 0 bridgehead atoms. The first-order valence-electron chi connectivity index (χ1n) is 14.6. The van der Waals surface area contributed by atoms with Crippen LogP contribution in [0.5, 0.6) is 0 Å². The number of rotatable bonds is 10. The molecule has 2 N–H and O–H groups in total. The second kappa shape index (κ2) is 14.2. The van der Waals surface area contributed by atoms with Gasteiger partial charge in [-0.25, -0.2) is 0 Å². The zero-order chi connectivity index (χ0) is 34.2. The Morgan fingerprint density at radius 3 is 2.17 bits per heavy atom. The minimum Gasteiger partial charge on any atom is -0.480 e. The minimum atomic E-state index is -1.31. The highest BCUT2D eigenvalue weighted by atomic mass is 32.2. The van der Waals surface area contributed by atoms with Crippen LogP contribution in [-0.2, 0) is 27.5 Å². The molecule has 0 atom stereocenters. The average Bonchev–Trinajstić information content (AvgIpc) is 3.73. The molecule has 248 valence electrons. The van der Waals surface area contributed by atoms with Gasteiger partial charge in [0.25, 0.3) is 17.0 Å². The lowest BCUT2D eigenvalue weighted by molar-refractivity contribution is -0.140. The van der Waals surface area contributed by atoms with Crippen molar-refractivity contribution in [3.8, 4) is 0 Å². The number of amides is 1. The number of fused-ring (bicyclic) bond motifs is 1. The first kappa shape index (κ1) is 34.7. The van der Waals surface area contributed by atoms with Gasteiger partial charge in [-0.15, -0.1) is 22.7 Å². The van der Waals surface area contributed by atoms with E-state index in [2.05, 4.69) is 48.8 Å². The number of hydrogen-bond acceptors (Lipinski definition) is 12. The molecule has 2 aromatic heterocycles. The van der Waals surface area contributed by atoms with Gasteiger partial charge in [0.1, 0.15) is 36.2 Å². The number of carbonyl (C=O) groups is 3. The number of carbonyl (C=O) groups excluding carboxylic acids is 1. The SMILES string of the molecule is CCN(CC)c1ccc2c(c1)SC(=CC=c1s/c(=c3\sc(=C4SC(=S)N(CC(=O)O)C4=O)n(CC(=O)O)c3=O)n(CC)c1=O)N2CC. The number of nitrogens with zero attached hydrogens (tertiary/aromatic N) is 5. The Morgan fingerprint density at radius 2 is 1.55 bits per heavy atom. The highest BCUT2D eigenvalue weighted by molar-refractivity contribution is 8.30. The Hall–Kier alpha value is -3.64. The monoisotopic (exact) mass is 733 g/mol. The maximum absolute atomic E-state index is 13.7. The van der Waals surface area contributed by atoms with Gasteiger partial charge >= 0.3 is 11.9 Å². The van der Waals surface area contributed by atoms with Crippen LogP contribution in [0.4, 0.5) is 11.4 Å². The van der Waals surface area contributed by atoms with E-state index in [-0.39, 0.29) is 30.5 Å². The van der Waals surface area contributed by atoms with Gasteiger partial charge in [-0.3, -0.25) is 38.0 Å². The number of aromatic nitrogens is 2. The number of anilines is 2. The molecular formula is C30H31N5O7S5. The second-order valence-electron chi connectivity index (χ2n) is 10.2. The highest BCUT2D eigenvalue weighted by Gasteiger charge is 2.35. The van der Waals surface area contributed by atoms with Gasteiger partial charge in [-0.05, 0) is 58.0 Å². The maximum atomic E-state index is 13.7. The van der Waals surface area contributed by atoms with Crippen molar-refractivity contribution in [3.63, 3.8) is 0 Å². The van der Waals surface area contributed by atoms with Gasteiger partial charge in [0.15, 0.2) is 0 Å². The summed E-state index contributed by atoms with van der Waals surface area (Å²) in [5.74, 6) is -3.31. The summed E-state index contributed by atoms with van der Waals surface area (Å²) in [5, 5.41) is 19.7. The van der Waals surface area contributed by atoms with E-state index in [9.17, 15) is 34.2 Å². The first-order valence-corrected chi connectivity index (χ1v) is 18.3. The fourth-order valence-electron chi connectivity index (χ4n) is 5.26. The number of benzene rings is 1. The molecule has 0 spiro atoms. The largest absolute Gasteiger partial charge is 0.480 e. The Bertz CT molecular complexity index is 2180. The van der Waals surface area contributed by atoms with Crippen LogP contribution in [0.25, 0.3) is 11.0 Å². The third kappa shape index (κ3) is 6.59. The predicted octanol–water partition coefficient (Wildman–Crippen LogP) is 2.68. The summed E-state index contributed by atoms with van der Waals surface area (Å²) in [7, 11) is 0. The fourth-order valence-corrected chi connectivity index (χ4v) is 10.2. The third-order valence-electron chi connectivity index (χ3n) is 7.47. The summed E-state index contributed by atoms with van der Waals surface area (Å²) >= 11 is 9.63. The summed E-state index contributed by atoms with van der Waals surface area (Å²) in [6.07, 6.45) is 3.63. The number of aliphatic carboxylic acids is 2. The summed E-state index contributed by atoms with van der Waals surface area (Å²) in [6.45, 7) is 9.44. The van der Waals surface area contributed by atoms with E-state index < -0.39 is 36.5 Å². The van der Waals surface area contributed by atoms with Gasteiger partial charge in [0.2, 0.25) is 0 Å². The Labute approximate surface area is 290 Å². The summed E-state index contributed by atoms with van der Waals surface area (Å²) < 4.78 is 3.26. The summed E-state index contributed by atoms with van der Waals surface area (Å²) in [5.41, 5.74) is 1.26. The van der Waals surface area contributed by atoms with Crippen molar-refractivity contribution >= 4 is 103 Å². The lowest BCUT2D eigenvalue weighted by atomic mass is 10.2. The lowest BCUT2D eigenvalue weighted by Crippen LogP contribution is -2.35. The summed E-state index contributed by atoms with van der Waals surface area (Å²) in [4.78, 5) is 69.9. The van der Waals surface area contributed by atoms with Crippen LogP contribution in [0.15, 0.2) is 43.8 Å². The van der Waals surface area contributed by atoms with E-state index >= 15 is 0 Å². The average molecular weight is 734 g/mol. The minimum absolute atomic E-state index is 0.0134. The Morgan fingerprint density at radius 1 is 0.851 bits per heavy atom. The van der Waals surface area contributed by atoms with E-state index in [1.165, 1.54) is 4.57 Å². The standard InChI is InChI=1S/C30H31N5O7S5/c1-5-31(6-2)16-9-10-17-19(13-16)44-20(32(17)7-3)12-11-18-25(40)33(8-4)28(45-18)23-26(41)34(14-21(36)37)29(46-23)24-27(42)35(15-22(38)39)30(43)47-24/h9-13H,5-8,14-15H2,1-4H3,(H,36,37)(H,38,39)/b18-11?,20-12?,28-23-,29-24?. The van der Waals surface area contributed by atoms with Crippen LogP contribution in [0.3, 0.4) is 0 Å². The molecule has 1 aromatic carbocycles. The van der Waals surface area contributed by atoms with E-state index in [4.69, 9.17) is 12.2 Å². The zero-order valence-corrected chi connectivity index (χ0v) is 29.9. The smallest absolute Gasteiger partial charge is 0.323 e. The van der Waals surface area contributed by atoms with Crippen molar-refractivity contribution < 1.29 is 24.6 Å². The maximum Gasteiger partial charge on any atom is 0.323 e. The number of thiazole rings is 2. The molecular weight excluding hydrogens is 703 g/mol.